The van der Waals surface area contributed by atoms with Crippen LogP contribution in [0.5, 0.6) is 0 Å². The molecule has 0 spiro atoms. The van der Waals surface area contributed by atoms with Gasteiger partial charge in [0.15, 0.2) is 0 Å². The van der Waals surface area contributed by atoms with Gasteiger partial charge in [0.2, 0.25) is 0 Å². The molecular weight excluding hydrogens is 343 g/mol. The molecule has 21 heavy (non-hydrogen) atoms. The van der Waals surface area contributed by atoms with Gasteiger partial charge in [0.05, 0.1) is 5.56 Å². The Morgan fingerprint density at radius 2 is 1.57 bits per heavy atom. The number of hydrogen-bond acceptors (Lipinski definition) is 1. The second kappa shape index (κ2) is 7.52. The smallest absolute Gasteiger partial charge is 0.371 e. The Hall–Kier alpha value is -0.710. The van der Waals surface area contributed by atoms with Crippen molar-refractivity contribution in [3.8, 4) is 0 Å². The van der Waals surface area contributed by atoms with E-state index in [2.05, 4.69) is 43.6 Å². The Bertz CT molecular complexity index is 445. The normalized spacial score (nSPS) is 12.3. The maximum Gasteiger partial charge on any atom is 0.416 e. The predicted octanol–water partition coefficient (Wildman–Crippen LogP) is 5.72. The highest BCUT2D eigenvalue weighted by molar-refractivity contribution is 9.08. The summed E-state index contributed by atoms with van der Waals surface area (Å²) in [5, 5.41) is 0.205. The van der Waals surface area contributed by atoms with Crippen molar-refractivity contribution in [3.63, 3.8) is 0 Å². The molecule has 0 atom stereocenters. The van der Waals surface area contributed by atoms with Crippen LogP contribution < -0.4 is 4.90 Å². The zero-order valence-electron chi connectivity index (χ0n) is 13.0. The summed E-state index contributed by atoms with van der Waals surface area (Å²) in [5.74, 6) is 0.794. The third-order valence-corrected chi connectivity index (χ3v) is 3.68. The fraction of sp³-hybridized carbons (Fsp3) is 0.625. The molecule has 5 heteroatoms. The minimum absolute atomic E-state index is 0.205. The van der Waals surface area contributed by atoms with Gasteiger partial charge >= 0.3 is 6.18 Å². The first kappa shape index (κ1) is 18.3. The highest BCUT2D eigenvalue weighted by Crippen LogP contribution is 2.35. The number of alkyl halides is 4. The fourth-order valence-corrected chi connectivity index (χ4v) is 2.80. The Morgan fingerprint density at radius 3 is 1.95 bits per heavy atom. The molecule has 0 saturated carbocycles. The van der Waals surface area contributed by atoms with Crippen LogP contribution in [0.25, 0.3) is 0 Å². The lowest BCUT2D eigenvalue weighted by molar-refractivity contribution is -0.138. The molecule has 0 aromatic heterocycles. The number of hydrogen-bond donors (Lipinski definition) is 0. The molecule has 0 unspecified atom stereocenters. The first-order valence-electron chi connectivity index (χ1n) is 7.16. The third kappa shape index (κ3) is 5.53. The van der Waals surface area contributed by atoms with Gasteiger partial charge in [-0.05, 0) is 29.5 Å². The molecule has 1 aromatic rings. The summed E-state index contributed by atoms with van der Waals surface area (Å²) in [4.78, 5) is 2.04. The molecule has 0 aliphatic carbocycles. The quantitative estimate of drug-likeness (QED) is 0.582. The van der Waals surface area contributed by atoms with Gasteiger partial charge in [-0.2, -0.15) is 13.2 Å². The minimum atomic E-state index is -4.32. The van der Waals surface area contributed by atoms with E-state index < -0.39 is 11.7 Å². The van der Waals surface area contributed by atoms with Crippen molar-refractivity contribution in [2.24, 2.45) is 11.8 Å². The molecule has 0 heterocycles. The van der Waals surface area contributed by atoms with E-state index >= 15 is 0 Å². The fourth-order valence-electron chi connectivity index (χ4n) is 2.31. The first-order valence-corrected chi connectivity index (χ1v) is 8.28. The number of nitrogens with zero attached hydrogens (tertiary/aromatic N) is 1. The minimum Gasteiger partial charge on any atom is -0.371 e. The molecule has 1 rings (SSSR count). The van der Waals surface area contributed by atoms with Crippen molar-refractivity contribution < 1.29 is 13.2 Å². The standard InChI is InChI=1S/C16H23BrF3N/c1-11(2)9-21(10-12(3)4)14-6-5-13(8-17)15(7-14)16(18,19)20/h5-7,11-12H,8-10H2,1-4H3. The molecule has 1 nitrogen and oxygen atoms in total. The monoisotopic (exact) mass is 365 g/mol. The van der Waals surface area contributed by atoms with Crippen LogP contribution in [0.4, 0.5) is 18.9 Å². The highest BCUT2D eigenvalue weighted by Gasteiger charge is 2.33. The number of rotatable bonds is 6. The molecule has 0 N–H and O–H groups in total. The van der Waals surface area contributed by atoms with Crippen LogP contribution in [-0.4, -0.2) is 13.1 Å². The molecular formula is C16H23BrF3N. The summed E-state index contributed by atoms with van der Waals surface area (Å²) in [6.07, 6.45) is -4.32. The van der Waals surface area contributed by atoms with E-state index in [9.17, 15) is 13.2 Å². The molecule has 0 amide bonds. The van der Waals surface area contributed by atoms with Crippen LogP contribution in [0.1, 0.15) is 38.8 Å². The SMILES string of the molecule is CC(C)CN(CC(C)C)c1ccc(CBr)c(C(F)(F)F)c1. The van der Waals surface area contributed by atoms with Gasteiger partial charge in [-0.1, -0.05) is 49.7 Å². The summed E-state index contributed by atoms with van der Waals surface area (Å²) in [6.45, 7) is 9.80. The lowest BCUT2D eigenvalue weighted by Gasteiger charge is -2.29. The zero-order valence-corrected chi connectivity index (χ0v) is 14.6. The van der Waals surface area contributed by atoms with Crippen molar-refractivity contribution in [3.05, 3.63) is 29.3 Å². The summed E-state index contributed by atoms with van der Waals surface area (Å²) in [7, 11) is 0. The Balaban J connectivity index is 3.19. The Kier molecular flexibility index (Phi) is 6.57. The second-order valence-corrected chi connectivity index (χ2v) is 6.73. The van der Waals surface area contributed by atoms with E-state index in [1.165, 1.54) is 6.07 Å². The van der Waals surface area contributed by atoms with Gasteiger partial charge in [0.25, 0.3) is 0 Å². The lowest BCUT2D eigenvalue weighted by Crippen LogP contribution is -2.31. The molecule has 0 radical (unpaired) electrons. The molecule has 0 aliphatic heterocycles. The van der Waals surface area contributed by atoms with Crippen molar-refractivity contribution in [2.75, 3.05) is 18.0 Å². The second-order valence-electron chi connectivity index (χ2n) is 6.17. The summed E-state index contributed by atoms with van der Waals surface area (Å²) in [6, 6.07) is 4.64. The average Bonchev–Trinajstić information content (AvgIpc) is 2.35. The molecule has 0 bridgehead atoms. The Morgan fingerprint density at radius 1 is 1.05 bits per heavy atom. The summed E-state index contributed by atoms with van der Waals surface area (Å²) >= 11 is 3.13. The highest BCUT2D eigenvalue weighted by atomic mass is 79.9. The van der Waals surface area contributed by atoms with Crippen LogP contribution in [0.2, 0.25) is 0 Å². The first-order chi connectivity index (χ1) is 9.65. The van der Waals surface area contributed by atoms with Gasteiger partial charge < -0.3 is 4.90 Å². The molecule has 1 aromatic carbocycles. The van der Waals surface area contributed by atoms with Crippen molar-refractivity contribution in [1.82, 2.24) is 0 Å². The topological polar surface area (TPSA) is 3.24 Å². The van der Waals surface area contributed by atoms with E-state index in [0.29, 0.717) is 17.5 Å². The van der Waals surface area contributed by atoms with Crippen LogP contribution in [0.3, 0.4) is 0 Å². The number of benzene rings is 1. The van der Waals surface area contributed by atoms with E-state index in [-0.39, 0.29) is 10.9 Å². The lowest BCUT2D eigenvalue weighted by atomic mass is 10.0. The van der Waals surface area contributed by atoms with Gasteiger partial charge in [-0.25, -0.2) is 0 Å². The molecule has 120 valence electrons. The maximum absolute atomic E-state index is 13.2. The van der Waals surface area contributed by atoms with Gasteiger partial charge in [0, 0.05) is 24.1 Å². The van der Waals surface area contributed by atoms with Crippen LogP contribution >= 0.6 is 15.9 Å². The molecule has 0 saturated heterocycles. The van der Waals surface area contributed by atoms with E-state index in [1.54, 1.807) is 12.1 Å². The van der Waals surface area contributed by atoms with Gasteiger partial charge in [-0.15, -0.1) is 0 Å². The summed E-state index contributed by atoms with van der Waals surface area (Å²) in [5.41, 5.74) is 0.379. The largest absolute Gasteiger partial charge is 0.416 e. The van der Waals surface area contributed by atoms with Crippen molar-refractivity contribution in [1.29, 1.82) is 0 Å². The van der Waals surface area contributed by atoms with Crippen molar-refractivity contribution in [2.45, 2.75) is 39.2 Å². The number of halogens is 4. The van der Waals surface area contributed by atoms with E-state index in [0.717, 1.165) is 13.1 Å². The maximum atomic E-state index is 13.2. The average molecular weight is 366 g/mol. The molecule has 0 fully saturated rings. The Labute approximate surface area is 133 Å². The van der Waals surface area contributed by atoms with E-state index in [4.69, 9.17) is 0 Å². The van der Waals surface area contributed by atoms with Crippen LogP contribution in [0.15, 0.2) is 18.2 Å². The van der Waals surface area contributed by atoms with Gasteiger partial charge in [-0.3, -0.25) is 0 Å². The number of anilines is 1. The van der Waals surface area contributed by atoms with Crippen LogP contribution in [0, 0.1) is 11.8 Å². The zero-order chi connectivity index (χ0) is 16.2. The van der Waals surface area contributed by atoms with E-state index in [1.807, 2.05) is 4.90 Å². The van der Waals surface area contributed by atoms with Crippen molar-refractivity contribution >= 4 is 21.6 Å². The predicted molar refractivity (Wildman–Crippen MR) is 86.0 cm³/mol. The van der Waals surface area contributed by atoms with Gasteiger partial charge in [0.1, 0.15) is 0 Å². The van der Waals surface area contributed by atoms with Crippen LogP contribution in [-0.2, 0) is 11.5 Å². The third-order valence-electron chi connectivity index (χ3n) is 3.08. The summed E-state index contributed by atoms with van der Waals surface area (Å²) < 4.78 is 39.5. The molecule has 0 aliphatic rings.